The zero-order valence-electron chi connectivity index (χ0n) is 20.7. The molecule has 4 rings (SSSR count). The quantitative estimate of drug-likeness (QED) is 0.274. The number of aromatic nitrogens is 2. The van der Waals surface area contributed by atoms with Crippen LogP contribution >= 0.6 is 0 Å². The Morgan fingerprint density at radius 3 is 2.46 bits per heavy atom. The number of benzene rings is 1. The van der Waals surface area contributed by atoms with Gasteiger partial charge in [-0.1, -0.05) is 0 Å². The lowest BCUT2D eigenvalue weighted by atomic mass is 9.97. The van der Waals surface area contributed by atoms with Crippen LogP contribution in [0, 0.1) is 0 Å². The fourth-order valence-electron chi connectivity index (χ4n) is 4.75. The van der Waals surface area contributed by atoms with Gasteiger partial charge in [0.25, 0.3) is 5.91 Å². The summed E-state index contributed by atoms with van der Waals surface area (Å²) in [6, 6.07) is 5.87. The molecule has 2 aliphatic rings. The first-order chi connectivity index (χ1) is 17.8. The van der Waals surface area contributed by atoms with Crippen LogP contribution < -0.4 is 10.2 Å². The highest BCUT2D eigenvalue weighted by atomic mass is 32.2. The molecule has 0 saturated carbocycles. The first-order valence-electron chi connectivity index (χ1n) is 12.3. The highest BCUT2D eigenvalue weighted by Gasteiger charge is 2.52. The molecule has 0 radical (unpaired) electrons. The SMILES string of the molecule is CC(=O)N1CCC(c2nnc(CCCOc3ccc(S(=O)(=O)C4(C(=O)NO)CCOCC4)cc3)o2)CC1. The predicted octanol–water partition coefficient (Wildman–Crippen LogP) is 1.64. The highest BCUT2D eigenvalue weighted by molar-refractivity contribution is 7.93. The molecule has 2 aromatic rings. The summed E-state index contributed by atoms with van der Waals surface area (Å²) in [5.74, 6) is 0.896. The third kappa shape index (κ3) is 5.78. The van der Waals surface area contributed by atoms with Crippen molar-refractivity contribution in [1.29, 1.82) is 0 Å². The lowest BCUT2D eigenvalue weighted by Gasteiger charge is -2.34. The van der Waals surface area contributed by atoms with Gasteiger partial charge in [-0.3, -0.25) is 14.8 Å². The summed E-state index contributed by atoms with van der Waals surface area (Å²) in [6.07, 6.45) is 2.66. The van der Waals surface area contributed by atoms with E-state index < -0.39 is 20.5 Å². The summed E-state index contributed by atoms with van der Waals surface area (Å²) in [5, 5.41) is 17.4. The van der Waals surface area contributed by atoms with Crippen molar-refractivity contribution < 1.29 is 37.1 Å². The summed E-state index contributed by atoms with van der Waals surface area (Å²) in [4.78, 5) is 25.6. The van der Waals surface area contributed by atoms with Crippen molar-refractivity contribution in [2.75, 3.05) is 32.9 Å². The molecule has 2 fully saturated rings. The van der Waals surface area contributed by atoms with Gasteiger partial charge < -0.3 is 18.8 Å². The van der Waals surface area contributed by atoms with Crippen LogP contribution in [0.2, 0.25) is 0 Å². The van der Waals surface area contributed by atoms with E-state index in [2.05, 4.69) is 10.2 Å². The van der Waals surface area contributed by atoms with E-state index in [0.29, 0.717) is 50.1 Å². The number of ether oxygens (including phenoxy) is 2. The van der Waals surface area contributed by atoms with E-state index in [9.17, 15) is 18.0 Å². The Bertz CT molecular complexity index is 1180. The molecule has 2 saturated heterocycles. The maximum atomic E-state index is 13.3. The van der Waals surface area contributed by atoms with Crippen molar-refractivity contribution in [3.05, 3.63) is 36.0 Å². The van der Waals surface area contributed by atoms with Crippen molar-refractivity contribution in [2.24, 2.45) is 0 Å². The molecule has 0 aliphatic carbocycles. The first kappa shape index (κ1) is 27.0. The molecular formula is C24H32N4O8S. The summed E-state index contributed by atoms with van der Waals surface area (Å²) in [5.41, 5.74) is 1.51. The molecule has 2 amide bonds. The van der Waals surface area contributed by atoms with Crippen LogP contribution in [0.4, 0.5) is 0 Å². The zero-order chi connectivity index (χ0) is 26.5. The minimum Gasteiger partial charge on any atom is -0.494 e. The summed E-state index contributed by atoms with van der Waals surface area (Å²) >= 11 is 0. The second kappa shape index (κ2) is 11.6. The van der Waals surface area contributed by atoms with Gasteiger partial charge in [0, 0.05) is 45.6 Å². The fraction of sp³-hybridized carbons (Fsp3) is 0.583. The fourth-order valence-corrected chi connectivity index (χ4v) is 6.69. The van der Waals surface area contributed by atoms with Crippen molar-refractivity contribution >= 4 is 21.7 Å². The Morgan fingerprint density at radius 2 is 1.84 bits per heavy atom. The van der Waals surface area contributed by atoms with Gasteiger partial charge in [0.1, 0.15) is 5.75 Å². The van der Waals surface area contributed by atoms with E-state index in [1.54, 1.807) is 6.92 Å². The van der Waals surface area contributed by atoms with Gasteiger partial charge in [-0.25, -0.2) is 13.9 Å². The highest BCUT2D eigenvalue weighted by Crippen LogP contribution is 2.36. The first-order valence-corrected chi connectivity index (χ1v) is 13.8. The Hall–Kier alpha value is -3.03. The molecule has 2 aliphatic heterocycles. The summed E-state index contributed by atoms with van der Waals surface area (Å²) < 4.78 is 41.6. The van der Waals surface area contributed by atoms with Crippen molar-refractivity contribution in [2.45, 2.75) is 61.0 Å². The van der Waals surface area contributed by atoms with Crippen LogP contribution in [0.3, 0.4) is 0 Å². The van der Waals surface area contributed by atoms with Crippen LogP contribution in [0.15, 0.2) is 33.6 Å². The lowest BCUT2D eigenvalue weighted by molar-refractivity contribution is -0.134. The number of sulfone groups is 1. The van der Waals surface area contributed by atoms with E-state index in [0.717, 1.165) is 12.8 Å². The average Bonchev–Trinajstić information content (AvgIpc) is 3.40. The number of piperidine rings is 1. The second-order valence-corrected chi connectivity index (χ2v) is 11.5. The molecule has 3 heterocycles. The van der Waals surface area contributed by atoms with Crippen LogP contribution in [-0.4, -0.2) is 78.2 Å². The molecule has 1 aromatic heterocycles. The number of amides is 2. The number of nitrogens with one attached hydrogen (secondary N) is 1. The van der Waals surface area contributed by atoms with Gasteiger partial charge in [0.2, 0.25) is 17.7 Å². The minimum atomic E-state index is -4.08. The smallest absolute Gasteiger partial charge is 0.265 e. The number of hydrogen-bond acceptors (Lipinski definition) is 10. The minimum absolute atomic E-state index is 0.0297. The average molecular weight is 537 g/mol. The van der Waals surface area contributed by atoms with Gasteiger partial charge in [-0.05, 0) is 56.4 Å². The van der Waals surface area contributed by atoms with Gasteiger partial charge in [0.15, 0.2) is 14.6 Å². The predicted molar refractivity (Wildman–Crippen MR) is 129 cm³/mol. The maximum absolute atomic E-state index is 13.3. The van der Waals surface area contributed by atoms with E-state index in [1.165, 1.54) is 29.7 Å². The number of carbonyl (C=O) groups excluding carboxylic acids is 2. The zero-order valence-corrected chi connectivity index (χ0v) is 21.5. The molecule has 0 unspecified atom stereocenters. The van der Waals surface area contributed by atoms with Gasteiger partial charge in [0.05, 0.1) is 11.5 Å². The molecule has 1 aromatic carbocycles. The van der Waals surface area contributed by atoms with Crippen molar-refractivity contribution in [3.8, 4) is 5.75 Å². The molecule has 0 bridgehead atoms. The Morgan fingerprint density at radius 1 is 1.16 bits per heavy atom. The standard InChI is InChI=1S/C24H32N4O8S/c1-17(29)28-12-8-18(9-13-28)22-26-25-21(36-22)3-2-14-35-19-4-6-20(7-5-19)37(32,33)24(23(30)27-31)10-15-34-16-11-24/h4-7,18,31H,2-3,8-16H2,1H3,(H,27,30). The molecule has 0 atom stereocenters. The normalized spacial score (nSPS) is 18.4. The van der Waals surface area contributed by atoms with Gasteiger partial charge >= 0.3 is 0 Å². The van der Waals surface area contributed by atoms with Crippen LogP contribution in [-0.2, 0) is 30.6 Å². The Balaban J connectivity index is 1.28. The van der Waals surface area contributed by atoms with Crippen molar-refractivity contribution in [3.63, 3.8) is 0 Å². The molecule has 2 N–H and O–H groups in total. The van der Waals surface area contributed by atoms with Crippen LogP contribution in [0.5, 0.6) is 5.75 Å². The summed E-state index contributed by atoms with van der Waals surface area (Å²) in [7, 11) is -4.08. The number of nitrogens with zero attached hydrogens (tertiary/aromatic N) is 3. The molecule has 12 nitrogen and oxygen atoms in total. The van der Waals surface area contributed by atoms with E-state index >= 15 is 0 Å². The van der Waals surface area contributed by atoms with Gasteiger partial charge in [-0.15, -0.1) is 10.2 Å². The van der Waals surface area contributed by atoms with Gasteiger partial charge in [-0.2, -0.15) is 0 Å². The molecular weight excluding hydrogens is 504 g/mol. The van der Waals surface area contributed by atoms with Crippen molar-refractivity contribution in [1.82, 2.24) is 20.6 Å². The van der Waals surface area contributed by atoms with E-state index in [-0.39, 0.29) is 42.8 Å². The number of rotatable bonds is 9. The second-order valence-electron chi connectivity index (χ2n) is 9.29. The number of likely N-dealkylation sites (tertiary alicyclic amines) is 1. The lowest BCUT2D eigenvalue weighted by Crippen LogP contribution is -2.54. The monoisotopic (exact) mass is 536 g/mol. The number of hydrogen-bond donors (Lipinski definition) is 2. The van der Waals surface area contributed by atoms with E-state index in [4.69, 9.17) is 19.1 Å². The number of carbonyl (C=O) groups is 2. The van der Waals surface area contributed by atoms with E-state index in [1.807, 2.05) is 4.90 Å². The Labute approximate surface area is 215 Å². The third-order valence-corrected chi connectivity index (χ3v) is 9.56. The Kier molecular flexibility index (Phi) is 8.45. The largest absolute Gasteiger partial charge is 0.494 e. The topological polar surface area (TPSA) is 161 Å². The number of aryl methyl sites for hydroxylation is 1. The van der Waals surface area contributed by atoms with Crippen LogP contribution in [0.1, 0.15) is 56.7 Å². The third-order valence-electron chi connectivity index (χ3n) is 7.04. The molecule has 13 heteroatoms. The molecule has 37 heavy (non-hydrogen) atoms. The molecule has 0 spiro atoms. The van der Waals surface area contributed by atoms with Crippen LogP contribution in [0.25, 0.3) is 0 Å². The molecule has 202 valence electrons. The summed E-state index contributed by atoms with van der Waals surface area (Å²) in [6.45, 7) is 3.52. The maximum Gasteiger partial charge on any atom is 0.265 e. The number of hydroxylamine groups is 1.